The van der Waals surface area contributed by atoms with Crippen molar-refractivity contribution in [3.63, 3.8) is 0 Å². The lowest BCUT2D eigenvalue weighted by molar-refractivity contribution is 0.481. The summed E-state index contributed by atoms with van der Waals surface area (Å²) in [6.45, 7) is 0. The van der Waals surface area contributed by atoms with Crippen LogP contribution in [0, 0.1) is 0 Å². The molecule has 0 aliphatic rings. The van der Waals surface area contributed by atoms with Gasteiger partial charge in [0.15, 0.2) is 0 Å². The highest BCUT2D eigenvalue weighted by molar-refractivity contribution is 7.87. The average molecular weight is 281 g/mol. The van der Waals surface area contributed by atoms with Crippen molar-refractivity contribution >= 4 is 28.4 Å². The van der Waals surface area contributed by atoms with E-state index in [-0.39, 0.29) is 15.5 Å². The zero-order chi connectivity index (χ0) is 13.3. The van der Waals surface area contributed by atoms with E-state index in [1.165, 1.54) is 6.07 Å². The van der Waals surface area contributed by atoms with E-state index in [9.17, 15) is 8.42 Å². The number of nitrogen functional groups attached to an aromatic ring is 1. The third-order valence-electron chi connectivity index (χ3n) is 2.54. The van der Waals surface area contributed by atoms with Crippen LogP contribution in [0.1, 0.15) is 0 Å². The highest BCUT2D eigenvalue weighted by Crippen LogP contribution is 2.34. The second kappa shape index (κ2) is 4.64. The van der Waals surface area contributed by atoms with Gasteiger partial charge >= 0.3 is 0 Å². The highest BCUT2D eigenvalue weighted by Gasteiger charge is 2.17. The summed E-state index contributed by atoms with van der Waals surface area (Å²) in [5.74, 6) is 0. The van der Waals surface area contributed by atoms with Gasteiger partial charge in [-0.3, -0.25) is 4.55 Å². The molecule has 0 aliphatic carbocycles. The third-order valence-corrected chi connectivity index (χ3v) is 4.07. The molecule has 6 heteroatoms. The fourth-order valence-electron chi connectivity index (χ4n) is 1.67. The molecule has 0 saturated heterocycles. The first-order valence-electron chi connectivity index (χ1n) is 5.05. The third kappa shape index (κ3) is 2.35. The summed E-state index contributed by atoms with van der Waals surface area (Å²) in [6, 6.07) is 12.1. The monoisotopic (exact) mass is 281 g/mol. The minimum absolute atomic E-state index is 0.0545. The van der Waals surface area contributed by atoms with E-state index in [0.717, 1.165) is 5.56 Å². The van der Waals surface area contributed by atoms with Crippen LogP contribution >= 0.6 is 12.6 Å². The second-order valence-electron chi connectivity index (χ2n) is 3.71. The number of rotatable bonds is 2. The molecular formula is C12H11NO3S2. The first-order valence-corrected chi connectivity index (χ1v) is 6.94. The van der Waals surface area contributed by atoms with E-state index in [1.807, 2.05) is 30.3 Å². The lowest BCUT2D eigenvalue weighted by Gasteiger charge is -2.10. The summed E-state index contributed by atoms with van der Waals surface area (Å²) < 4.78 is 31.2. The van der Waals surface area contributed by atoms with Gasteiger partial charge in [0.1, 0.15) is 4.90 Å². The molecule has 2 rings (SSSR count). The minimum Gasteiger partial charge on any atom is -0.397 e. The van der Waals surface area contributed by atoms with E-state index >= 15 is 0 Å². The molecule has 3 N–H and O–H groups in total. The Morgan fingerprint density at radius 3 is 2.22 bits per heavy atom. The molecular weight excluding hydrogens is 270 g/mol. The molecule has 2 aromatic rings. The van der Waals surface area contributed by atoms with Crippen molar-refractivity contribution in [2.24, 2.45) is 0 Å². The Kier molecular flexibility index (Phi) is 3.34. The molecule has 18 heavy (non-hydrogen) atoms. The van der Waals surface area contributed by atoms with Crippen molar-refractivity contribution < 1.29 is 13.0 Å². The maximum absolute atomic E-state index is 11.1. The molecule has 0 amide bonds. The minimum atomic E-state index is -4.31. The van der Waals surface area contributed by atoms with Crippen molar-refractivity contribution in [1.82, 2.24) is 0 Å². The topological polar surface area (TPSA) is 80.4 Å². The summed E-state index contributed by atoms with van der Waals surface area (Å²) in [4.78, 5) is -0.234. The summed E-state index contributed by atoms with van der Waals surface area (Å²) in [7, 11) is -4.31. The van der Waals surface area contributed by atoms with E-state index in [0.29, 0.717) is 5.56 Å². The quantitative estimate of drug-likeness (QED) is 0.449. The first-order chi connectivity index (χ1) is 8.41. The summed E-state index contributed by atoms with van der Waals surface area (Å²) in [5.41, 5.74) is 7.61. The number of hydrogen-bond donors (Lipinski definition) is 3. The molecule has 0 fully saturated rings. The molecule has 0 saturated carbocycles. The van der Waals surface area contributed by atoms with Gasteiger partial charge in [0.2, 0.25) is 0 Å². The molecule has 0 radical (unpaired) electrons. The molecule has 0 atom stereocenters. The van der Waals surface area contributed by atoms with Gasteiger partial charge in [-0.2, -0.15) is 8.42 Å². The van der Waals surface area contributed by atoms with Crippen molar-refractivity contribution in [3.05, 3.63) is 42.5 Å². The maximum atomic E-state index is 11.1. The van der Waals surface area contributed by atoms with Crippen molar-refractivity contribution in [3.8, 4) is 11.1 Å². The zero-order valence-corrected chi connectivity index (χ0v) is 10.9. The molecule has 0 spiro atoms. The molecule has 0 heterocycles. The smallest absolute Gasteiger partial charge is 0.295 e. The van der Waals surface area contributed by atoms with Gasteiger partial charge in [0.05, 0.1) is 5.69 Å². The number of hydrogen-bond acceptors (Lipinski definition) is 4. The molecule has 94 valence electrons. The molecule has 2 aromatic carbocycles. The van der Waals surface area contributed by atoms with E-state index < -0.39 is 10.1 Å². The van der Waals surface area contributed by atoms with Crippen LogP contribution in [0.25, 0.3) is 11.1 Å². The fourth-order valence-corrected chi connectivity index (χ4v) is 2.80. The standard InChI is InChI=1S/C12H11NO3S2/c13-11-9(8-4-2-1-3-5-8)6-7-10(12(11)17)18(14,15)16/h1-7,17H,13H2,(H,14,15,16). The van der Waals surface area contributed by atoms with Gasteiger partial charge in [-0.15, -0.1) is 12.6 Å². The van der Waals surface area contributed by atoms with Crippen LogP contribution in [0.2, 0.25) is 0 Å². The van der Waals surface area contributed by atoms with E-state index in [2.05, 4.69) is 12.6 Å². The Bertz CT molecular complexity index is 682. The lowest BCUT2D eigenvalue weighted by Crippen LogP contribution is -2.03. The number of thiol groups is 1. The largest absolute Gasteiger partial charge is 0.397 e. The second-order valence-corrected chi connectivity index (χ2v) is 5.55. The highest BCUT2D eigenvalue weighted by atomic mass is 32.2. The Morgan fingerprint density at radius 1 is 1.06 bits per heavy atom. The van der Waals surface area contributed by atoms with Crippen LogP contribution in [-0.2, 0) is 10.1 Å². The SMILES string of the molecule is Nc1c(-c2ccccc2)ccc(S(=O)(=O)O)c1S. The Hall–Kier alpha value is -1.50. The van der Waals surface area contributed by atoms with Crippen LogP contribution in [0.15, 0.2) is 52.3 Å². The van der Waals surface area contributed by atoms with Gasteiger partial charge in [-0.05, 0) is 11.6 Å². The first kappa shape index (κ1) is 12.9. The predicted molar refractivity (Wildman–Crippen MR) is 73.4 cm³/mol. The molecule has 4 nitrogen and oxygen atoms in total. The van der Waals surface area contributed by atoms with Crippen LogP contribution in [-0.4, -0.2) is 13.0 Å². The summed E-state index contributed by atoms with van der Waals surface area (Å²) in [6.07, 6.45) is 0. The number of benzene rings is 2. The van der Waals surface area contributed by atoms with Crippen molar-refractivity contribution in [1.29, 1.82) is 0 Å². The molecule has 0 bridgehead atoms. The van der Waals surface area contributed by atoms with E-state index in [4.69, 9.17) is 10.3 Å². The number of nitrogens with two attached hydrogens (primary N) is 1. The molecule has 0 aliphatic heterocycles. The van der Waals surface area contributed by atoms with Gasteiger partial charge in [0, 0.05) is 10.5 Å². The van der Waals surface area contributed by atoms with Crippen LogP contribution in [0.4, 0.5) is 5.69 Å². The van der Waals surface area contributed by atoms with Crippen LogP contribution in [0.3, 0.4) is 0 Å². The predicted octanol–water partition coefficient (Wildman–Crippen LogP) is 2.47. The summed E-state index contributed by atoms with van der Waals surface area (Å²) in [5, 5.41) is 0. The Labute approximate surface area is 111 Å². The summed E-state index contributed by atoms with van der Waals surface area (Å²) >= 11 is 4.06. The Balaban J connectivity index is 2.66. The average Bonchev–Trinajstić information content (AvgIpc) is 2.32. The maximum Gasteiger partial charge on any atom is 0.295 e. The fraction of sp³-hybridized carbons (Fsp3) is 0. The van der Waals surface area contributed by atoms with Crippen LogP contribution in [0.5, 0.6) is 0 Å². The van der Waals surface area contributed by atoms with E-state index in [1.54, 1.807) is 6.07 Å². The van der Waals surface area contributed by atoms with Gasteiger partial charge < -0.3 is 5.73 Å². The number of anilines is 1. The lowest BCUT2D eigenvalue weighted by atomic mass is 10.0. The van der Waals surface area contributed by atoms with Crippen LogP contribution < -0.4 is 5.73 Å². The van der Waals surface area contributed by atoms with Gasteiger partial charge in [-0.1, -0.05) is 36.4 Å². The normalized spacial score (nSPS) is 11.4. The zero-order valence-electron chi connectivity index (χ0n) is 9.24. The van der Waals surface area contributed by atoms with Gasteiger partial charge in [0.25, 0.3) is 10.1 Å². The molecule has 0 unspecified atom stereocenters. The Morgan fingerprint density at radius 2 is 1.67 bits per heavy atom. The van der Waals surface area contributed by atoms with Gasteiger partial charge in [-0.25, -0.2) is 0 Å². The van der Waals surface area contributed by atoms with Crippen molar-refractivity contribution in [2.75, 3.05) is 5.73 Å². The molecule has 0 aromatic heterocycles. The van der Waals surface area contributed by atoms with Crippen molar-refractivity contribution in [2.45, 2.75) is 9.79 Å².